The highest BCUT2D eigenvalue weighted by molar-refractivity contribution is 8.06. The van der Waals surface area contributed by atoms with Gasteiger partial charge in [-0.05, 0) is 12.8 Å². The van der Waals surface area contributed by atoms with E-state index in [1.54, 1.807) is 0 Å². The molecule has 0 aromatic heterocycles. The van der Waals surface area contributed by atoms with Crippen molar-refractivity contribution in [3.05, 3.63) is 25.3 Å². The quantitative estimate of drug-likeness (QED) is 0.138. The van der Waals surface area contributed by atoms with Crippen molar-refractivity contribution < 1.29 is 38.2 Å². The fraction of sp³-hybridized carbons (Fsp3) is 0.583. The first-order chi connectivity index (χ1) is 17.2. The number of thioether (sulfide) groups is 2. The summed E-state index contributed by atoms with van der Waals surface area (Å²) in [6.07, 6.45) is 3.08. The third-order valence-electron chi connectivity index (χ3n) is 6.49. The third-order valence-corrected chi connectivity index (χ3v) is 9.78. The van der Waals surface area contributed by atoms with Gasteiger partial charge in [-0.15, -0.1) is 23.5 Å². The van der Waals surface area contributed by atoms with E-state index in [0.717, 1.165) is 45.5 Å². The molecule has 12 heteroatoms. The molecule has 36 heavy (non-hydrogen) atoms. The van der Waals surface area contributed by atoms with Gasteiger partial charge in [0.2, 0.25) is 23.6 Å². The lowest BCUT2D eigenvalue weighted by atomic mass is 9.57. The topological polar surface area (TPSA) is 127 Å². The molecule has 4 atom stereocenters. The number of rotatable bonds is 14. The second-order valence-corrected chi connectivity index (χ2v) is 11.1. The van der Waals surface area contributed by atoms with Gasteiger partial charge in [0.1, 0.15) is 22.7 Å². The van der Waals surface area contributed by atoms with E-state index >= 15 is 0 Å². The zero-order valence-electron chi connectivity index (χ0n) is 20.4. The highest BCUT2D eigenvalue weighted by Crippen LogP contribution is 2.72. The SMILES string of the molecule is C=CC(=O)OCCSC12C(=O)N(CCC)C(=O)C1C1C(=O)N(CCC)C(=O)C12SCCOC(=O)C=C. The number of fused-ring (bicyclic) bond motifs is 4. The summed E-state index contributed by atoms with van der Waals surface area (Å²) in [7, 11) is 0. The Labute approximate surface area is 218 Å². The zero-order valence-corrected chi connectivity index (χ0v) is 22.0. The molecule has 3 rings (SSSR count). The molecular formula is C24H30N2O8S2. The van der Waals surface area contributed by atoms with Crippen LogP contribution in [-0.2, 0) is 38.2 Å². The van der Waals surface area contributed by atoms with E-state index in [1.807, 2.05) is 13.8 Å². The summed E-state index contributed by atoms with van der Waals surface area (Å²) in [5.74, 6) is -4.95. The fourth-order valence-electron chi connectivity index (χ4n) is 5.18. The molecule has 3 fully saturated rings. The van der Waals surface area contributed by atoms with Gasteiger partial charge in [-0.2, -0.15) is 0 Å². The summed E-state index contributed by atoms with van der Waals surface area (Å²) in [6, 6.07) is 0. The van der Waals surface area contributed by atoms with Gasteiger partial charge >= 0.3 is 11.9 Å². The average Bonchev–Trinajstić information content (AvgIpc) is 3.14. The van der Waals surface area contributed by atoms with Crippen LogP contribution in [0.5, 0.6) is 0 Å². The smallest absolute Gasteiger partial charge is 0.330 e. The number of amides is 4. The first-order valence-corrected chi connectivity index (χ1v) is 13.7. The van der Waals surface area contributed by atoms with Gasteiger partial charge in [0.15, 0.2) is 0 Å². The molecular weight excluding hydrogens is 508 g/mol. The molecule has 0 spiro atoms. The van der Waals surface area contributed by atoms with Gasteiger partial charge in [0.05, 0.1) is 11.8 Å². The molecule has 10 nitrogen and oxygen atoms in total. The van der Waals surface area contributed by atoms with E-state index in [2.05, 4.69) is 13.2 Å². The molecule has 0 N–H and O–H groups in total. The Balaban J connectivity index is 2.02. The van der Waals surface area contributed by atoms with Crippen LogP contribution >= 0.6 is 23.5 Å². The molecule has 4 amide bonds. The van der Waals surface area contributed by atoms with Crippen LogP contribution in [0.2, 0.25) is 0 Å². The van der Waals surface area contributed by atoms with Crippen molar-refractivity contribution in [2.75, 3.05) is 37.8 Å². The van der Waals surface area contributed by atoms with Gasteiger partial charge in [-0.25, -0.2) is 9.59 Å². The monoisotopic (exact) mass is 538 g/mol. The molecule has 2 heterocycles. The van der Waals surface area contributed by atoms with Crippen molar-refractivity contribution in [3.63, 3.8) is 0 Å². The molecule has 196 valence electrons. The van der Waals surface area contributed by atoms with Crippen LogP contribution in [0.25, 0.3) is 0 Å². The van der Waals surface area contributed by atoms with Crippen LogP contribution < -0.4 is 0 Å². The summed E-state index contributed by atoms with van der Waals surface area (Å²) in [4.78, 5) is 79.9. The third kappa shape index (κ3) is 4.07. The molecule has 2 aliphatic heterocycles. The minimum Gasteiger partial charge on any atom is -0.462 e. The lowest BCUT2D eigenvalue weighted by molar-refractivity contribution is -0.144. The molecule has 1 saturated carbocycles. The van der Waals surface area contributed by atoms with E-state index in [1.165, 1.54) is 0 Å². The second-order valence-electron chi connectivity index (χ2n) is 8.46. The predicted octanol–water partition coefficient (Wildman–Crippen LogP) is 1.19. The summed E-state index contributed by atoms with van der Waals surface area (Å²) in [6.45, 7) is 10.6. The highest BCUT2D eigenvalue weighted by Gasteiger charge is 2.90. The van der Waals surface area contributed by atoms with Gasteiger partial charge in [-0.3, -0.25) is 29.0 Å². The van der Waals surface area contributed by atoms with Crippen LogP contribution in [0.3, 0.4) is 0 Å². The minimum atomic E-state index is -1.53. The number of nitrogens with zero attached hydrogens (tertiary/aromatic N) is 2. The van der Waals surface area contributed by atoms with Crippen LogP contribution in [0.1, 0.15) is 26.7 Å². The van der Waals surface area contributed by atoms with E-state index in [9.17, 15) is 28.8 Å². The number of likely N-dealkylation sites (tertiary alicyclic amines) is 2. The average molecular weight is 539 g/mol. The maximum atomic E-state index is 13.9. The molecule has 4 unspecified atom stereocenters. The number of imide groups is 2. The Bertz CT molecular complexity index is 923. The minimum absolute atomic E-state index is 0.0671. The van der Waals surface area contributed by atoms with Crippen molar-refractivity contribution in [1.29, 1.82) is 0 Å². The van der Waals surface area contributed by atoms with Crippen molar-refractivity contribution >= 4 is 59.1 Å². The summed E-state index contributed by atoms with van der Waals surface area (Å²) < 4.78 is 7.04. The normalized spacial score (nSPS) is 28.5. The summed E-state index contributed by atoms with van der Waals surface area (Å²) >= 11 is 2.15. The fourth-order valence-corrected chi connectivity index (χ4v) is 8.67. The number of hydrogen-bond donors (Lipinski definition) is 0. The number of carbonyl (C=O) groups is 6. The van der Waals surface area contributed by atoms with E-state index in [0.29, 0.717) is 12.8 Å². The molecule has 0 aromatic carbocycles. The van der Waals surface area contributed by atoms with Gasteiger partial charge in [-0.1, -0.05) is 27.0 Å². The van der Waals surface area contributed by atoms with E-state index in [4.69, 9.17) is 9.47 Å². The molecule has 0 aromatic rings. The van der Waals surface area contributed by atoms with Crippen molar-refractivity contribution in [2.24, 2.45) is 11.8 Å². The first-order valence-electron chi connectivity index (χ1n) is 11.8. The Morgan fingerprint density at radius 2 is 1.17 bits per heavy atom. The molecule has 0 bridgehead atoms. The first kappa shape index (κ1) is 28.0. The van der Waals surface area contributed by atoms with Crippen LogP contribution in [0, 0.1) is 11.8 Å². The van der Waals surface area contributed by atoms with E-state index in [-0.39, 0.29) is 37.8 Å². The lowest BCUT2D eigenvalue weighted by Crippen LogP contribution is -2.75. The van der Waals surface area contributed by atoms with Crippen LogP contribution in [0.4, 0.5) is 0 Å². The lowest BCUT2D eigenvalue weighted by Gasteiger charge is -2.57. The predicted molar refractivity (Wildman–Crippen MR) is 134 cm³/mol. The largest absolute Gasteiger partial charge is 0.462 e. The number of hydrogen-bond acceptors (Lipinski definition) is 10. The van der Waals surface area contributed by atoms with Crippen molar-refractivity contribution in [2.45, 2.75) is 36.2 Å². The van der Waals surface area contributed by atoms with E-state index < -0.39 is 56.9 Å². The maximum Gasteiger partial charge on any atom is 0.330 e. The zero-order chi connectivity index (χ0) is 26.7. The van der Waals surface area contributed by atoms with Crippen LogP contribution in [0.15, 0.2) is 25.3 Å². The molecule has 3 aliphatic rings. The summed E-state index contributed by atoms with van der Waals surface area (Å²) in [5.41, 5.74) is 0. The Kier molecular flexibility index (Phi) is 8.71. The van der Waals surface area contributed by atoms with Crippen molar-refractivity contribution in [3.8, 4) is 0 Å². The van der Waals surface area contributed by atoms with Gasteiger partial charge in [0.25, 0.3) is 0 Å². The second kappa shape index (κ2) is 11.2. The summed E-state index contributed by atoms with van der Waals surface area (Å²) in [5, 5.41) is 0. The highest BCUT2D eigenvalue weighted by atomic mass is 32.2. The van der Waals surface area contributed by atoms with Crippen LogP contribution in [-0.4, -0.2) is 92.7 Å². The molecule has 1 aliphatic carbocycles. The van der Waals surface area contributed by atoms with Gasteiger partial charge < -0.3 is 9.47 Å². The Hall–Kier alpha value is -2.60. The number of ether oxygens (including phenoxy) is 2. The molecule has 2 saturated heterocycles. The van der Waals surface area contributed by atoms with Gasteiger partial charge in [0, 0.05) is 36.7 Å². The molecule has 0 radical (unpaired) electrons. The van der Waals surface area contributed by atoms with Crippen molar-refractivity contribution in [1.82, 2.24) is 9.80 Å². The Morgan fingerprint density at radius 3 is 1.47 bits per heavy atom. The number of carbonyl (C=O) groups excluding carboxylic acids is 6. The maximum absolute atomic E-state index is 13.9. The number of esters is 2. The standard InChI is InChI=1S/C24H30N2O8S2/c1-5-9-25-19(29)17-18-20(30)26(10-6-2)22(32)24(18,36-14-12-34-16(28)8-4)23(17,21(25)31)35-13-11-33-15(27)7-3/h7-8,17-18H,3-6,9-14H2,1-2H3. The Morgan fingerprint density at radius 1 is 0.806 bits per heavy atom.